The number of amides is 1. The molecule has 58 heavy (non-hydrogen) atoms. The van der Waals surface area contributed by atoms with E-state index in [1.54, 1.807) is 0 Å². The Kier molecular flexibility index (Phi) is 31.1. The molecule has 0 fully saturated rings. The van der Waals surface area contributed by atoms with Crippen molar-refractivity contribution in [3.63, 3.8) is 0 Å². The van der Waals surface area contributed by atoms with E-state index in [4.69, 9.17) is 42.6 Å². The zero-order valence-electron chi connectivity index (χ0n) is 35.9. The van der Waals surface area contributed by atoms with E-state index < -0.39 is 6.09 Å². The topological polar surface area (TPSA) is 112 Å². The molecule has 1 amide bonds. The zero-order chi connectivity index (χ0) is 40.8. The molecule has 0 bridgehead atoms. The fourth-order valence-corrected chi connectivity index (χ4v) is 6.88. The summed E-state index contributed by atoms with van der Waals surface area (Å²) in [7, 11) is 0. The molecule has 0 saturated carbocycles. The molecule has 0 spiro atoms. The Balaban J connectivity index is 0.927. The van der Waals surface area contributed by atoms with Crippen LogP contribution in [0.1, 0.15) is 114 Å². The third-order valence-corrected chi connectivity index (χ3v) is 10.1. The predicted molar refractivity (Wildman–Crippen MR) is 230 cm³/mol. The monoisotopic (exact) mass is 816 g/mol. The lowest BCUT2D eigenvalue weighted by Gasteiger charge is -2.14. The molecule has 1 aliphatic rings. The molecule has 0 saturated heterocycles. The molecule has 1 N–H and O–H groups in total. The van der Waals surface area contributed by atoms with Crippen LogP contribution in [0, 0.1) is 0 Å². The molecule has 0 atom stereocenters. The van der Waals surface area contributed by atoms with E-state index in [1.807, 2.05) is 24.3 Å². The van der Waals surface area contributed by atoms with Crippen molar-refractivity contribution in [2.24, 2.45) is 0 Å². The first-order valence-electron chi connectivity index (χ1n) is 22.5. The van der Waals surface area contributed by atoms with Gasteiger partial charge in [-0.1, -0.05) is 133 Å². The third kappa shape index (κ3) is 24.5. The van der Waals surface area contributed by atoms with E-state index in [0.29, 0.717) is 119 Å². The van der Waals surface area contributed by atoms with Crippen molar-refractivity contribution >= 4 is 6.09 Å². The Labute approximate surface area is 350 Å². The van der Waals surface area contributed by atoms with Gasteiger partial charge in [-0.05, 0) is 35.1 Å². The first kappa shape index (κ1) is 49.8. The molecule has 330 valence electrons. The van der Waals surface area contributed by atoms with E-state index in [2.05, 4.69) is 36.5 Å². The molecule has 1 aliphatic carbocycles. The maximum Gasteiger partial charge on any atom is 0.407 e. The second-order valence-electron chi connectivity index (χ2n) is 14.7. The molecule has 11 nitrogen and oxygen atoms in total. The quantitative estimate of drug-likeness (QED) is 0.0653. The molecular weight excluding hydrogens is 739 g/mol. The molecule has 0 radical (unpaired) electrons. The van der Waals surface area contributed by atoms with Crippen molar-refractivity contribution in [2.75, 3.05) is 119 Å². The van der Waals surface area contributed by atoms with Gasteiger partial charge in [-0.3, -0.25) is 0 Å². The van der Waals surface area contributed by atoms with Crippen molar-refractivity contribution in [3.8, 4) is 11.1 Å². The van der Waals surface area contributed by atoms with E-state index in [0.717, 1.165) is 13.0 Å². The van der Waals surface area contributed by atoms with Crippen LogP contribution in [0.2, 0.25) is 0 Å². The molecule has 0 unspecified atom stereocenters. The summed E-state index contributed by atoms with van der Waals surface area (Å²) in [6.07, 6.45) is 18.0. The highest BCUT2D eigenvalue weighted by Crippen LogP contribution is 2.44. The van der Waals surface area contributed by atoms with Crippen LogP contribution in [-0.4, -0.2) is 125 Å². The van der Waals surface area contributed by atoms with Crippen molar-refractivity contribution in [2.45, 2.75) is 103 Å². The number of rotatable bonds is 41. The minimum Gasteiger partial charge on any atom is -0.449 e. The first-order valence-corrected chi connectivity index (χ1v) is 22.5. The van der Waals surface area contributed by atoms with Crippen LogP contribution in [0.15, 0.2) is 48.5 Å². The number of fused-ring (bicyclic) bond motifs is 3. The van der Waals surface area contributed by atoms with Crippen LogP contribution in [0.5, 0.6) is 0 Å². The maximum atomic E-state index is 12.3. The summed E-state index contributed by atoms with van der Waals surface area (Å²) in [6, 6.07) is 16.6. The number of alkyl carbamates (subject to hydrolysis) is 1. The molecule has 0 aromatic heterocycles. The van der Waals surface area contributed by atoms with Gasteiger partial charge in [0, 0.05) is 25.7 Å². The van der Waals surface area contributed by atoms with Gasteiger partial charge in [0.15, 0.2) is 0 Å². The fourth-order valence-electron chi connectivity index (χ4n) is 6.88. The van der Waals surface area contributed by atoms with E-state index in [1.165, 1.54) is 99.3 Å². The van der Waals surface area contributed by atoms with Gasteiger partial charge in [0.25, 0.3) is 0 Å². The Morgan fingerprint density at radius 2 is 0.759 bits per heavy atom. The summed E-state index contributed by atoms with van der Waals surface area (Å²) in [6.45, 7) is 11.9. The van der Waals surface area contributed by atoms with Crippen LogP contribution in [0.25, 0.3) is 11.1 Å². The minimum absolute atomic E-state index is 0.0545. The van der Waals surface area contributed by atoms with Gasteiger partial charge < -0.3 is 47.9 Å². The maximum absolute atomic E-state index is 12.3. The lowest BCUT2D eigenvalue weighted by Crippen LogP contribution is -2.27. The molecule has 2 aromatic rings. The van der Waals surface area contributed by atoms with Crippen LogP contribution < -0.4 is 5.32 Å². The van der Waals surface area contributed by atoms with Gasteiger partial charge in [-0.15, -0.1) is 0 Å². The van der Waals surface area contributed by atoms with Crippen LogP contribution >= 0.6 is 0 Å². The van der Waals surface area contributed by atoms with Crippen LogP contribution in [0.4, 0.5) is 4.79 Å². The fraction of sp³-hybridized carbons (Fsp3) is 0.723. The van der Waals surface area contributed by atoms with Gasteiger partial charge in [0.1, 0.15) is 6.61 Å². The highest BCUT2D eigenvalue weighted by molar-refractivity contribution is 5.79. The SMILES string of the molecule is CCCCCCCCCCCCCCCOCCOCCOCCOCCOCCOCCOCCOCCCNC(=O)OCC1c2ccccc2-c2ccccc21. The van der Waals surface area contributed by atoms with E-state index in [-0.39, 0.29) is 5.92 Å². The first-order chi connectivity index (χ1) is 28.8. The number of carbonyl (C=O) groups excluding carboxylic acids is 1. The summed E-state index contributed by atoms with van der Waals surface area (Å²) >= 11 is 0. The van der Waals surface area contributed by atoms with Gasteiger partial charge in [0.05, 0.1) is 92.5 Å². The van der Waals surface area contributed by atoms with Gasteiger partial charge in [-0.25, -0.2) is 4.79 Å². The molecular formula is C47H77NO10. The van der Waals surface area contributed by atoms with Crippen LogP contribution in [-0.2, 0) is 42.6 Å². The summed E-state index contributed by atoms with van der Waals surface area (Å²) in [4.78, 5) is 12.3. The van der Waals surface area contributed by atoms with Crippen molar-refractivity contribution in [3.05, 3.63) is 59.7 Å². The summed E-state index contributed by atoms with van der Waals surface area (Å²) in [5.41, 5.74) is 4.83. The average Bonchev–Trinajstić information content (AvgIpc) is 3.57. The Morgan fingerprint density at radius 3 is 1.16 bits per heavy atom. The number of ether oxygens (including phenoxy) is 9. The standard InChI is InChI=1S/C47H77NO10/c1-2-3-4-5-6-7-8-9-10-11-12-13-18-25-50-27-29-52-31-33-54-35-37-56-39-40-57-38-36-55-34-32-53-30-28-51-26-19-24-48-47(49)58-41-46-44-22-16-14-20-42(44)43-21-15-17-23-45(43)46/h14-17,20-23,46H,2-13,18-19,24-41H2,1H3,(H,48,49). The van der Waals surface area contributed by atoms with Crippen molar-refractivity contribution < 1.29 is 47.4 Å². The second-order valence-corrected chi connectivity index (χ2v) is 14.7. The summed E-state index contributed by atoms with van der Waals surface area (Å²) in [5, 5.41) is 2.81. The molecule has 3 rings (SSSR count). The summed E-state index contributed by atoms with van der Waals surface area (Å²) in [5.74, 6) is 0.0545. The van der Waals surface area contributed by atoms with E-state index in [9.17, 15) is 4.79 Å². The van der Waals surface area contributed by atoms with Crippen molar-refractivity contribution in [1.29, 1.82) is 0 Å². The Morgan fingerprint density at radius 1 is 0.431 bits per heavy atom. The molecule has 0 heterocycles. The van der Waals surface area contributed by atoms with Crippen molar-refractivity contribution in [1.82, 2.24) is 5.32 Å². The predicted octanol–water partition coefficient (Wildman–Crippen LogP) is 9.14. The van der Waals surface area contributed by atoms with Gasteiger partial charge in [-0.2, -0.15) is 0 Å². The number of hydrogen-bond acceptors (Lipinski definition) is 10. The highest BCUT2D eigenvalue weighted by Gasteiger charge is 2.28. The van der Waals surface area contributed by atoms with Gasteiger partial charge >= 0.3 is 6.09 Å². The number of hydrogen-bond donors (Lipinski definition) is 1. The number of benzene rings is 2. The molecule has 2 aromatic carbocycles. The lowest BCUT2D eigenvalue weighted by molar-refractivity contribution is -0.0232. The zero-order valence-corrected chi connectivity index (χ0v) is 35.9. The Hall–Kier alpha value is -2.61. The second kappa shape index (κ2) is 36.3. The smallest absolute Gasteiger partial charge is 0.407 e. The molecule has 11 heteroatoms. The normalized spacial score (nSPS) is 12.2. The average molecular weight is 816 g/mol. The number of nitrogens with one attached hydrogen (secondary N) is 1. The highest BCUT2D eigenvalue weighted by atomic mass is 16.6. The lowest BCUT2D eigenvalue weighted by atomic mass is 9.98. The largest absolute Gasteiger partial charge is 0.449 e. The van der Waals surface area contributed by atoms with Gasteiger partial charge in [0.2, 0.25) is 0 Å². The minimum atomic E-state index is -0.408. The number of unbranched alkanes of at least 4 members (excludes halogenated alkanes) is 12. The van der Waals surface area contributed by atoms with Crippen LogP contribution in [0.3, 0.4) is 0 Å². The third-order valence-electron chi connectivity index (χ3n) is 10.1. The molecule has 0 aliphatic heterocycles. The summed E-state index contributed by atoms with van der Waals surface area (Å²) < 4.78 is 50.1. The van der Waals surface area contributed by atoms with E-state index >= 15 is 0 Å². The Bertz CT molecular complexity index is 1200. The number of carbonyl (C=O) groups is 1.